The summed E-state index contributed by atoms with van der Waals surface area (Å²) in [6.45, 7) is 3.69. The first-order valence-corrected chi connectivity index (χ1v) is 46.2. The summed E-state index contributed by atoms with van der Waals surface area (Å²) in [4.78, 5) is 35.5. The van der Waals surface area contributed by atoms with E-state index in [0.29, 0.717) is 6.42 Å². The molecule has 2 unspecified atom stereocenters. The largest absolute Gasteiger partial charge is 0.472 e. The van der Waals surface area contributed by atoms with Gasteiger partial charge in [-0.2, -0.15) is 0 Å². The Bertz CT molecular complexity index is 2020. The number of allylic oxidation sites excluding steroid dienone is 16. The zero-order valence-corrected chi connectivity index (χ0v) is 69.0. The molecule has 0 heterocycles. The molecule has 0 radical (unpaired) electrons. The zero-order chi connectivity index (χ0) is 74.3. The first-order valence-electron chi connectivity index (χ1n) is 44.7. The molecule has 103 heavy (non-hydrogen) atoms. The number of carbonyl (C=O) groups is 2. The summed E-state index contributed by atoms with van der Waals surface area (Å²) in [5.74, 6) is -0.803. The number of phosphoric ester groups is 1. The molecule has 0 aliphatic carbocycles. The Morgan fingerprint density at radius 1 is 0.301 bits per heavy atom. The minimum atomic E-state index is -4.40. The highest BCUT2D eigenvalue weighted by Crippen LogP contribution is 2.43. The molecule has 0 rings (SSSR count). The van der Waals surface area contributed by atoms with Gasteiger partial charge in [-0.1, -0.05) is 439 Å². The second kappa shape index (κ2) is 87.8. The van der Waals surface area contributed by atoms with E-state index < -0.39 is 26.5 Å². The molecule has 2 atom stereocenters. The first kappa shape index (κ1) is 99.9. The molecule has 9 nitrogen and oxygen atoms in total. The van der Waals surface area contributed by atoms with Gasteiger partial charge in [0.2, 0.25) is 0 Å². The van der Waals surface area contributed by atoms with E-state index in [9.17, 15) is 19.0 Å². The van der Waals surface area contributed by atoms with Crippen LogP contribution in [0, 0.1) is 0 Å². The van der Waals surface area contributed by atoms with Gasteiger partial charge < -0.3 is 20.1 Å². The van der Waals surface area contributed by atoms with Crippen LogP contribution in [0.25, 0.3) is 0 Å². The molecule has 0 saturated heterocycles. The van der Waals surface area contributed by atoms with E-state index in [-0.39, 0.29) is 38.6 Å². The number of hydrogen-bond acceptors (Lipinski definition) is 8. The Labute approximate surface area is 639 Å². The lowest BCUT2D eigenvalue weighted by Crippen LogP contribution is -2.29. The van der Waals surface area contributed by atoms with Gasteiger partial charge in [0.15, 0.2) is 6.10 Å². The van der Waals surface area contributed by atoms with Crippen molar-refractivity contribution in [1.29, 1.82) is 0 Å². The van der Waals surface area contributed by atoms with Gasteiger partial charge in [-0.15, -0.1) is 0 Å². The third-order valence-corrected chi connectivity index (χ3v) is 20.9. The van der Waals surface area contributed by atoms with Crippen LogP contribution < -0.4 is 5.73 Å². The molecule has 0 bridgehead atoms. The predicted molar refractivity (Wildman–Crippen MR) is 450 cm³/mol. The van der Waals surface area contributed by atoms with Gasteiger partial charge in [0.25, 0.3) is 0 Å². The van der Waals surface area contributed by atoms with E-state index >= 15 is 0 Å². The summed E-state index contributed by atoms with van der Waals surface area (Å²) in [5, 5.41) is 0. The molecule has 0 aromatic rings. The third-order valence-electron chi connectivity index (χ3n) is 20.0. The smallest absolute Gasteiger partial charge is 0.462 e. The van der Waals surface area contributed by atoms with Crippen molar-refractivity contribution in [1.82, 2.24) is 0 Å². The van der Waals surface area contributed by atoms with Crippen molar-refractivity contribution >= 4 is 19.8 Å². The van der Waals surface area contributed by atoms with Crippen LogP contribution in [0.4, 0.5) is 0 Å². The molecule has 600 valence electrons. The SMILES string of the molecule is CC/C=C\C/C=C\C/C=C\C/C=C\C/C=C\CCCCCCCCCCCCCCCCCCCCCCCCCCCC(=O)OC(COC(=O)CCCCCCCCCCCCCCCCCCCCCCCCCCCC/C=C\C/C=C\C/C=C\CCCCCCC)COP(=O)(O)OCCN. The highest BCUT2D eigenvalue weighted by atomic mass is 31.2. The summed E-state index contributed by atoms with van der Waals surface area (Å²) < 4.78 is 33.4. The molecule has 0 aliphatic heterocycles. The van der Waals surface area contributed by atoms with Crippen LogP contribution in [0.5, 0.6) is 0 Å². The third kappa shape index (κ3) is 87.7. The van der Waals surface area contributed by atoms with Gasteiger partial charge in [-0.25, -0.2) is 4.57 Å². The maximum absolute atomic E-state index is 12.8. The van der Waals surface area contributed by atoms with E-state index in [4.69, 9.17) is 24.3 Å². The predicted octanol–water partition coefficient (Wildman–Crippen LogP) is 30.5. The molecule has 3 N–H and O–H groups in total. The maximum atomic E-state index is 12.8. The second-order valence-corrected chi connectivity index (χ2v) is 31.5. The Kier molecular flexibility index (Phi) is 85.2. The van der Waals surface area contributed by atoms with Crippen LogP contribution in [-0.2, 0) is 32.7 Å². The van der Waals surface area contributed by atoms with Crippen LogP contribution in [0.3, 0.4) is 0 Å². The molecule has 0 aromatic heterocycles. The molecule has 10 heteroatoms. The van der Waals surface area contributed by atoms with Crippen LogP contribution >= 0.6 is 7.82 Å². The average molecular weight is 1460 g/mol. The van der Waals surface area contributed by atoms with Gasteiger partial charge in [-0.3, -0.25) is 18.6 Å². The lowest BCUT2D eigenvalue weighted by molar-refractivity contribution is -0.161. The lowest BCUT2D eigenvalue weighted by atomic mass is 10.0. The molecule has 0 amide bonds. The van der Waals surface area contributed by atoms with Crippen molar-refractivity contribution < 1.29 is 37.6 Å². The lowest BCUT2D eigenvalue weighted by Gasteiger charge is -2.19. The summed E-state index contributed by atoms with van der Waals surface area (Å²) in [6, 6.07) is 0. The fraction of sp³-hybridized carbons (Fsp3) is 0.806. The molecular weight excluding hydrogens is 1290 g/mol. The van der Waals surface area contributed by atoms with Crippen molar-refractivity contribution in [2.45, 2.75) is 457 Å². The minimum Gasteiger partial charge on any atom is -0.462 e. The standard InChI is InChI=1S/C93H170NO8P/c1-3-5-7-9-11-13-15-17-19-21-23-25-27-29-31-33-35-37-39-41-43-45-47-49-51-53-55-57-59-61-63-65-67-69-71-73-75-77-79-81-83-85-92(95)99-89-91(90-101-103(97,98)100-88-87-94)102-93(96)86-84-82-80-78-76-74-72-70-68-66-64-62-60-58-56-54-52-50-48-46-44-42-40-38-36-34-32-30-28-26-24-22-20-18-16-14-12-10-8-6-4-2/h6,8,12,14-15,17-18,20-21,23-24,26-27,29-30,32,91H,3-5,7,9-11,13,16,19,22,25,28,31,33-90,94H2,1-2H3,(H,97,98)/b8-6-,14-12-,17-15-,20-18-,23-21-,26-24-,29-27-,32-30-. The van der Waals surface area contributed by atoms with E-state index in [1.807, 2.05) is 0 Å². The maximum Gasteiger partial charge on any atom is 0.472 e. The number of carbonyl (C=O) groups excluding carboxylic acids is 2. The fourth-order valence-electron chi connectivity index (χ4n) is 13.4. The number of hydrogen-bond donors (Lipinski definition) is 2. The number of ether oxygens (including phenoxy) is 2. The zero-order valence-electron chi connectivity index (χ0n) is 68.1. The topological polar surface area (TPSA) is 134 Å². The van der Waals surface area contributed by atoms with Crippen LogP contribution in [0.1, 0.15) is 450 Å². The number of esters is 2. The molecule has 0 aromatic carbocycles. The van der Waals surface area contributed by atoms with Gasteiger partial charge in [-0.05, 0) is 96.3 Å². The first-order chi connectivity index (χ1) is 50.8. The van der Waals surface area contributed by atoms with Crippen molar-refractivity contribution in [3.8, 4) is 0 Å². The van der Waals surface area contributed by atoms with Crippen LogP contribution in [0.2, 0.25) is 0 Å². The van der Waals surface area contributed by atoms with E-state index in [1.165, 1.54) is 340 Å². The fourth-order valence-corrected chi connectivity index (χ4v) is 14.2. The quantitative estimate of drug-likeness (QED) is 0.0264. The molecule has 0 fully saturated rings. The van der Waals surface area contributed by atoms with Crippen LogP contribution in [-0.4, -0.2) is 49.3 Å². The number of unbranched alkanes of at least 4 members (excludes halogenated alkanes) is 56. The molecular formula is C93H170NO8P. The molecule has 0 spiro atoms. The van der Waals surface area contributed by atoms with Gasteiger partial charge >= 0.3 is 19.8 Å². The Balaban J connectivity index is 3.71. The van der Waals surface area contributed by atoms with Crippen LogP contribution in [0.15, 0.2) is 97.2 Å². The van der Waals surface area contributed by atoms with Crippen molar-refractivity contribution in [3.63, 3.8) is 0 Å². The Hall–Kier alpha value is -3.07. The van der Waals surface area contributed by atoms with Gasteiger partial charge in [0.05, 0.1) is 13.2 Å². The summed E-state index contributed by atoms with van der Waals surface area (Å²) in [6.07, 6.45) is 122. The van der Waals surface area contributed by atoms with E-state index in [0.717, 1.165) is 77.0 Å². The Morgan fingerprint density at radius 2 is 0.534 bits per heavy atom. The van der Waals surface area contributed by atoms with E-state index in [2.05, 4.69) is 111 Å². The van der Waals surface area contributed by atoms with Gasteiger partial charge in [0, 0.05) is 19.4 Å². The van der Waals surface area contributed by atoms with Gasteiger partial charge in [0.1, 0.15) is 6.61 Å². The summed E-state index contributed by atoms with van der Waals surface area (Å²) in [5.41, 5.74) is 5.43. The summed E-state index contributed by atoms with van der Waals surface area (Å²) >= 11 is 0. The van der Waals surface area contributed by atoms with E-state index in [1.54, 1.807) is 0 Å². The second-order valence-electron chi connectivity index (χ2n) is 30.1. The van der Waals surface area contributed by atoms with Crippen molar-refractivity contribution in [2.24, 2.45) is 5.73 Å². The molecule has 0 aliphatic rings. The van der Waals surface area contributed by atoms with Crippen molar-refractivity contribution in [2.75, 3.05) is 26.4 Å². The normalized spacial score (nSPS) is 13.2. The number of nitrogens with two attached hydrogens (primary N) is 1. The monoisotopic (exact) mass is 1460 g/mol. The summed E-state index contributed by atoms with van der Waals surface area (Å²) in [7, 11) is -4.40. The highest BCUT2D eigenvalue weighted by Gasteiger charge is 2.26. The highest BCUT2D eigenvalue weighted by molar-refractivity contribution is 7.47. The Morgan fingerprint density at radius 3 is 0.796 bits per heavy atom. The minimum absolute atomic E-state index is 0.0547. The number of phosphoric acid groups is 1. The average Bonchev–Trinajstić information content (AvgIpc) is 0.970. The molecule has 0 saturated carbocycles. The number of rotatable bonds is 85. The van der Waals surface area contributed by atoms with Crippen molar-refractivity contribution in [3.05, 3.63) is 97.2 Å².